The molecule has 2 nitrogen and oxygen atoms in total. The van der Waals surface area contributed by atoms with Crippen molar-refractivity contribution < 1.29 is 9.53 Å². The van der Waals surface area contributed by atoms with Crippen LogP contribution >= 0.6 is 0 Å². The number of para-hydroxylation sites is 1. The smallest absolute Gasteiger partial charge is 0.170 e. The average molecular weight is 306 g/mol. The molecule has 2 aromatic carbocycles. The van der Waals surface area contributed by atoms with Gasteiger partial charge in [0.1, 0.15) is 5.75 Å². The van der Waals surface area contributed by atoms with Crippen molar-refractivity contribution in [2.24, 2.45) is 5.92 Å². The lowest BCUT2D eigenvalue weighted by atomic mass is 9.73. The number of allylic oxidation sites excluding steroid dienone is 2. The third-order valence-electron chi connectivity index (χ3n) is 4.68. The van der Waals surface area contributed by atoms with Crippen LogP contribution in [0.4, 0.5) is 0 Å². The van der Waals surface area contributed by atoms with Gasteiger partial charge in [-0.15, -0.1) is 0 Å². The number of ketones is 1. The fourth-order valence-electron chi connectivity index (χ4n) is 3.45. The second-order valence-corrected chi connectivity index (χ2v) is 6.18. The maximum atomic E-state index is 13.2. The van der Waals surface area contributed by atoms with Crippen LogP contribution in [0.3, 0.4) is 0 Å². The minimum absolute atomic E-state index is 0.0302. The number of hydrogen-bond acceptors (Lipinski definition) is 2. The number of hydrogen-bond donors (Lipinski definition) is 0. The molecule has 2 atom stereocenters. The van der Waals surface area contributed by atoms with E-state index in [9.17, 15) is 4.79 Å². The molecule has 0 aromatic heterocycles. The third kappa shape index (κ3) is 3.21. The van der Waals surface area contributed by atoms with Crippen LogP contribution in [0.2, 0.25) is 0 Å². The molecule has 0 aliphatic heterocycles. The van der Waals surface area contributed by atoms with Gasteiger partial charge in [-0.2, -0.15) is 0 Å². The predicted octanol–water partition coefficient (Wildman–Crippen LogP) is 5.02. The van der Waals surface area contributed by atoms with Gasteiger partial charge in [0.25, 0.3) is 0 Å². The van der Waals surface area contributed by atoms with Crippen molar-refractivity contribution in [2.45, 2.75) is 25.7 Å². The standard InChI is InChI=1S/C21H22O2/c1-15-12-13-17(19(14-15)16-8-4-3-5-9-16)21(22)18-10-6-7-11-20(18)23-2/h3-12,17,19H,13-14H2,1-2H3/t17-,19+/m1/s1. The monoisotopic (exact) mass is 306 g/mol. The summed E-state index contributed by atoms with van der Waals surface area (Å²) >= 11 is 0. The summed E-state index contributed by atoms with van der Waals surface area (Å²) in [4.78, 5) is 13.2. The highest BCUT2D eigenvalue weighted by Crippen LogP contribution is 2.40. The molecule has 2 aromatic rings. The first-order valence-corrected chi connectivity index (χ1v) is 8.08. The number of methoxy groups -OCH3 is 1. The maximum absolute atomic E-state index is 13.2. The molecular weight excluding hydrogens is 284 g/mol. The number of Topliss-reactive ketones (excluding diaryl/α,β-unsaturated/α-hetero) is 1. The van der Waals surface area contributed by atoms with Gasteiger partial charge in [-0.05, 0) is 43.4 Å². The van der Waals surface area contributed by atoms with Crippen LogP contribution in [0.25, 0.3) is 0 Å². The molecule has 0 unspecified atom stereocenters. The van der Waals surface area contributed by atoms with E-state index in [4.69, 9.17) is 4.74 Å². The normalized spacial score (nSPS) is 20.7. The topological polar surface area (TPSA) is 26.3 Å². The fourth-order valence-corrected chi connectivity index (χ4v) is 3.45. The molecule has 1 aliphatic rings. The highest BCUT2D eigenvalue weighted by molar-refractivity contribution is 6.01. The van der Waals surface area contributed by atoms with E-state index in [-0.39, 0.29) is 17.6 Å². The lowest BCUT2D eigenvalue weighted by Crippen LogP contribution is -2.25. The van der Waals surface area contributed by atoms with Crippen LogP contribution < -0.4 is 4.74 Å². The Kier molecular flexibility index (Phi) is 4.61. The van der Waals surface area contributed by atoms with Gasteiger partial charge in [-0.1, -0.05) is 54.1 Å². The Hall–Kier alpha value is -2.35. The summed E-state index contributed by atoms with van der Waals surface area (Å²) in [7, 11) is 1.62. The first-order valence-electron chi connectivity index (χ1n) is 8.08. The molecule has 0 saturated heterocycles. The van der Waals surface area contributed by atoms with Crippen LogP contribution in [0.1, 0.15) is 41.6 Å². The fraction of sp³-hybridized carbons (Fsp3) is 0.286. The lowest BCUT2D eigenvalue weighted by molar-refractivity contribution is 0.0892. The molecule has 1 aliphatic carbocycles. The van der Waals surface area contributed by atoms with E-state index >= 15 is 0 Å². The molecule has 2 heteroatoms. The first-order chi connectivity index (χ1) is 11.2. The van der Waals surface area contributed by atoms with Gasteiger partial charge in [-0.25, -0.2) is 0 Å². The zero-order chi connectivity index (χ0) is 16.2. The Morgan fingerprint density at radius 2 is 1.74 bits per heavy atom. The van der Waals surface area contributed by atoms with Crippen LogP contribution in [-0.4, -0.2) is 12.9 Å². The molecule has 0 N–H and O–H groups in total. The molecule has 0 saturated carbocycles. The molecule has 0 bridgehead atoms. The second-order valence-electron chi connectivity index (χ2n) is 6.18. The van der Waals surface area contributed by atoms with Crippen molar-refractivity contribution in [3.63, 3.8) is 0 Å². The van der Waals surface area contributed by atoms with Crippen LogP contribution in [0.5, 0.6) is 5.75 Å². The molecule has 0 spiro atoms. The molecule has 0 amide bonds. The second kappa shape index (κ2) is 6.82. The maximum Gasteiger partial charge on any atom is 0.170 e. The summed E-state index contributed by atoms with van der Waals surface area (Å²) in [5, 5.41) is 0. The minimum atomic E-state index is -0.0302. The minimum Gasteiger partial charge on any atom is -0.496 e. The largest absolute Gasteiger partial charge is 0.496 e. The van der Waals surface area contributed by atoms with E-state index in [2.05, 4.69) is 25.1 Å². The van der Waals surface area contributed by atoms with Crippen LogP contribution in [-0.2, 0) is 0 Å². The van der Waals surface area contributed by atoms with E-state index in [1.165, 1.54) is 11.1 Å². The van der Waals surface area contributed by atoms with Gasteiger partial charge in [-0.3, -0.25) is 4.79 Å². The van der Waals surface area contributed by atoms with Crippen molar-refractivity contribution in [2.75, 3.05) is 7.11 Å². The van der Waals surface area contributed by atoms with E-state index < -0.39 is 0 Å². The van der Waals surface area contributed by atoms with E-state index in [0.29, 0.717) is 11.3 Å². The molecule has 0 heterocycles. The quantitative estimate of drug-likeness (QED) is 0.586. The summed E-state index contributed by atoms with van der Waals surface area (Å²) in [6.45, 7) is 2.15. The number of ether oxygens (including phenoxy) is 1. The lowest BCUT2D eigenvalue weighted by Gasteiger charge is -2.30. The van der Waals surface area contributed by atoms with Crippen molar-refractivity contribution in [1.29, 1.82) is 0 Å². The summed E-state index contributed by atoms with van der Waals surface area (Å²) in [6, 6.07) is 17.9. The number of carbonyl (C=O) groups is 1. The Morgan fingerprint density at radius 1 is 1.04 bits per heavy atom. The first kappa shape index (κ1) is 15.5. The molecule has 0 fully saturated rings. The summed E-state index contributed by atoms with van der Waals surface area (Å²) in [5.74, 6) is 1.05. The Morgan fingerprint density at radius 3 is 2.48 bits per heavy atom. The van der Waals surface area contributed by atoms with Crippen molar-refractivity contribution >= 4 is 5.78 Å². The summed E-state index contributed by atoms with van der Waals surface area (Å²) in [5.41, 5.74) is 3.30. The van der Waals surface area contributed by atoms with Crippen molar-refractivity contribution in [3.8, 4) is 5.75 Å². The van der Waals surface area contributed by atoms with Crippen LogP contribution in [0.15, 0.2) is 66.2 Å². The van der Waals surface area contributed by atoms with Crippen molar-refractivity contribution in [3.05, 3.63) is 77.4 Å². The van der Waals surface area contributed by atoms with Gasteiger partial charge in [0.15, 0.2) is 5.78 Å². The average Bonchev–Trinajstić information content (AvgIpc) is 2.61. The van der Waals surface area contributed by atoms with Crippen molar-refractivity contribution in [1.82, 2.24) is 0 Å². The van der Waals surface area contributed by atoms with Gasteiger partial charge < -0.3 is 4.74 Å². The van der Waals surface area contributed by atoms with E-state index in [1.807, 2.05) is 42.5 Å². The number of rotatable bonds is 4. The predicted molar refractivity (Wildman–Crippen MR) is 93.0 cm³/mol. The van der Waals surface area contributed by atoms with Gasteiger partial charge in [0, 0.05) is 5.92 Å². The Labute approximate surface area is 137 Å². The number of benzene rings is 2. The van der Waals surface area contributed by atoms with Gasteiger partial charge >= 0.3 is 0 Å². The zero-order valence-corrected chi connectivity index (χ0v) is 13.7. The Bertz CT molecular complexity index is 716. The SMILES string of the molecule is COc1ccccc1C(=O)[C@@H]1CC=C(C)C[C@H]1c1ccccc1. The highest BCUT2D eigenvalue weighted by Gasteiger charge is 2.33. The summed E-state index contributed by atoms with van der Waals surface area (Å²) < 4.78 is 5.38. The summed E-state index contributed by atoms with van der Waals surface area (Å²) in [6.07, 6.45) is 3.94. The van der Waals surface area contributed by atoms with Gasteiger partial charge in [0.05, 0.1) is 12.7 Å². The van der Waals surface area contributed by atoms with Gasteiger partial charge in [0.2, 0.25) is 0 Å². The molecular formula is C21H22O2. The molecule has 3 rings (SSSR count). The van der Waals surface area contributed by atoms with E-state index in [1.54, 1.807) is 7.11 Å². The molecule has 118 valence electrons. The highest BCUT2D eigenvalue weighted by atomic mass is 16.5. The van der Waals surface area contributed by atoms with Crippen LogP contribution in [0, 0.1) is 5.92 Å². The van der Waals surface area contributed by atoms with E-state index in [0.717, 1.165) is 12.8 Å². The molecule has 23 heavy (non-hydrogen) atoms. The zero-order valence-electron chi connectivity index (χ0n) is 13.7. The third-order valence-corrected chi connectivity index (χ3v) is 4.68. The number of carbonyl (C=O) groups excluding carboxylic acids is 1. The molecule has 0 radical (unpaired) electrons. The Balaban J connectivity index is 1.97.